The van der Waals surface area contributed by atoms with Crippen molar-refractivity contribution in [3.63, 3.8) is 0 Å². The Bertz CT molecular complexity index is 1050. The molecule has 0 aliphatic heterocycles. The number of aryl methyl sites for hydroxylation is 4. The number of carbonyl (C=O) groups excluding carboxylic acids is 2. The van der Waals surface area contributed by atoms with Crippen molar-refractivity contribution in [1.29, 1.82) is 0 Å². The molecule has 1 atom stereocenters. The summed E-state index contributed by atoms with van der Waals surface area (Å²) in [5, 5.41) is 5.39. The molecule has 0 bridgehead atoms. The van der Waals surface area contributed by atoms with Gasteiger partial charge in [0.25, 0.3) is 0 Å². The number of nitrogens with one attached hydrogen (secondary N) is 3. The Morgan fingerprint density at radius 3 is 2.00 bits per heavy atom. The lowest BCUT2D eigenvalue weighted by Crippen LogP contribution is -2.48. The third-order valence-electron chi connectivity index (χ3n) is 5.02. The van der Waals surface area contributed by atoms with Crippen LogP contribution in [-0.2, 0) is 19.6 Å². The van der Waals surface area contributed by atoms with Crippen LogP contribution in [0, 0.1) is 33.6 Å². The molecular formula is C24H33N3O4S. The largest absolute Gasteiger partial charge is 0.346 e. The molecule has 0 saturated heterocycles. The summed E-state index contributed by atoms with van der Waals surface area (Å²) in [4.78, 5) is 25.3. The molecule has 2 aromatic rings. The second-order valence-corrected chi connectivity index (χ2v) is 10.4. The number of carbonyl (C=O) groups is 2. The van der Waals surface area contributed by atoms with Crippen LogP contribution in [0.3, 0.4) is 0 Å². The van der Waals surface area contributed by atoms with Crippen LogP contribution in [0.25, 0.3) is 0 Å². The van der Waals surface area contributed by atoms with Crippen LogP contribution in [0.5, 0.6) is 0 Å². The van der Waals surface area contributed by atoms with Gasteiger partial charge in [0, 0.05) is 5.69 Å². The molecule has 0 aliphatic rings. The van der Waals surface area contributed by atoms with Gasteiger partial charge in [-0.2, -0.15) is 4.72 Å². The summed E-state index contributed by atoms with van der Waals surface area (Å²) in [7, 11) is -3.88. The monoisotopic (exact) mass is 459 g/mol. The van der Waals surface area contributed by atoms with Gasteiger partial charge in [-0.05, 0) is 63.3 Å². The molecule has 2 amide bonds. The molecule has 8 heteroatoms. The highest BCUT2D eigenvalue weighted by molar-refractivity contribution is 7.89. The Labute approximate surface area is 191 Å². The minimum atomic E-state index is -3.88. The Balaban J connectivity index is 2.06. The second-order valence-electron chi connectivity index (χ2n) is 8.66. The Morgan fingerprint density at radius 2 is 1.47 bits per heavy atom. The predicted molar refractivity (Wildman–Crippen MR) is 127 cm³/mol. The molecule has 0 aromatic heterocycles. The van der Waals surface area contributed by atoms with E-state index in [4.69, 9.17) is 0 Å². The minimum absolute atomic E-state index is 0.0677. The molecule has 0 saturated carbocycles. The summed E-state index contributed by atoms with van der Waals surface area (Å²) >= 11 is 0. The molecular weight excluding hydrogens is 426 g/mol. The minimum Gasteiger partial charge on any atom is -0.346 e. The maximum absolute atomic E-state index is 12.8. The summed E-state index contributed by atoms with van der Waals surface area (Å²) in [5.41, 5.74) is 4.62. The van der Waals surface area contributed by atoms with Gasteiger partial charge in [-0.1, -0.05) is 49.2 Å². The molecule has 7 nitrogen and oxygen atoms in total. The third-order valence-corrected chi connectivity index (χ3v) is 6.50. The highest BCUT2D eigenvalue weighted by Crippen LogP contribution is 2.21. The molecule has 0 aliphatic carbocycles. The lowest BCUT2D eigenvalue weighted by molar-refractivity contribution is -0.125. The number of anilines is 1. The van der Waals surface area contributed by atoms with E-state index < -0.39 is 22.0 Å². The van der Waals surface area contributed by atoms with Gasteiger partial charge in [-0.3, -0.25) is 9.59 Å². The van der Waals surface area contributed by atoms with Gasteiger partial charge in [0.15, 0.2) is 0 Å². The highest BCUT2D eigenvalue weighted by Gasteiger charge is 2.27. The molecule has 2 aromatic carbocycles. The van der Waals surface area contributed by atoms with Gasteiger partial charge < -0.3 is 10.6 Å². The molecule has 0 spiro atoms. The van der Waals surface area contributed by atoms with Crippen LogP contribution in [0.1, 0.15) is 42.5 Å². The SMILES string of the molecule is Cc1ccc(S(=O)(=O)NC(CC(C)C)C(=O)NCC(=O)Nc2c(C)cc(C)cc2C)cc1. The fraction of sp³-hybridized carbons (Fsp3) is 0.417. The van der Waals surface area contributed by atoms with Crippen LogP contribution in [0.2, 0.25) is 0 Å². The van der Waals surface area contributed by atoms with Crippen molar-refractivity contribution in [2.75, 3.05) is 11.9 Å². The Hall–Kier alpha value is -2.71. The van der Waals surface area contributed by atoms with Crippen molar-refractivity contribution in [1.82, 2.24) is 10.0 Å². The first-order valence-electron chi connectivity index (χ1n) is 10.6. The first-order valence-corrected chi connectivity index (χ1v) is 12.1. The molecule has 0 heterocycles. The number of amides is 2. The van der Waals surface area contributed by atoms with E-state index in [9.17, 15) is 18.0 Å². The van der Waals surface area contributed by atoms with Crippen LogP contribution in [-0.4, -0.2) is 32.8 Å². The summed E-state index contributed by atoms with van der Waals surface area (Å²) in [6.07, 6.45) is 0.300. The van der Waals surface area contributed by atoms with Gasteiger partial charge in [0.2, 0.25) is 21.8 Å². The second kappa shape index (κ2) is 10.7. The van der Waals surface area contributed by atoms with Crippen LogP contribution >= 0.6 is 0 Å². The number of sulfonamides is 1. The lowest BCUT2D eigenvalue weighted by Gasteiger charge is -2.20. The van der Waals surface area contributed by atoms with Crippen molar-refractivity contribution in [3.05, 3.63) is 58.7 Å². The first kappa shape index (κ1) is 25.5. The maximum Gasteiger partial charge on any atom is 0.243 e. The maximum atomic E-state index is 12.8. The van der Waals surface area contributed by atoms with Gasteiger partial charge in [0.05, 0.1) is 11.4 Å². The van der Waals surface area contributed by atoms with Gasteiger partial charge in [0.1, 0.15) is 6.04 Å². The van der Waals surface area contributed by atoms with Crippen molar-refractivity contribution < 1.29 is 18.0 Å². The number of rotatable bonds is 9. The van der Waals surface area contributed by atoms with Crippen molar-refractivity contribution in [2.24, 2.45) is 5.92 Å². The summed E-state index contributed by atoms with van der Waals surface area (Å²) < 4.78 is 28.0. The Morgan fingerprint density at radius 1 is 0.906 bits per heavy atom. The Kier molecular flexibility index (Phi) is 8.58. The fourth-order valence-electron chi connectivity index (χ4n) is 3.50. The smallest absolute Gasteiger partial charge is 0.243 e. The molecule has 174 valence electrons. The topological polar surface area (TPSA) is 104 Å². The zero-order valence-corrected chi connectivity index (χ0v) is 20.4. The molecule has 3 N–H and O–H groups in total. The average Bonchev–Trinajstić information content (AvgIpc) is 2.68. The van der Waals surface area contributed by atoms with E-state index in [2.05, 4.69) is 15.4 Å². The number of hydrogen-bond donors (Lipinski definition) is 3. The zero-order valence-electron chi connectivity index (χ0n) is 19.6. The van der Waals surface area contributed by atoms with E-state index in [1.807, 2.05) is 53.7 Å². The summed E-state index contributed by atoms with van der Waals surface area (Å²) in [5.74, 6) is -0.849. The highest BCUT2D eigenvalue weighted by atomic mass is 32.2. The first-order chi connectivity index (χ1) is 14.9. The molecule has 0 fully saturated rings. The van der Waals surface area contributed by atoms with Crippen LogP contribution in [0.15, 0.2) is 41.3 Å². The van der Waals surface area contributed by atoms with Crippen molar-refractivity contribution >= 4 is 27.5 Å². The van der Waals surface area contributed by atoms with E-state index in [0.29, 0.717) is 12.1 Å². The quantitative estimate of drug-likeness (QED) is 0.535. The molecule has 2 rings (SSSR count). The van der Waals surface area contributed by atoms with Gasteiger partial charge in [-0.25, -0.2) is 8.42 Å². The van der Waals surface area contributed by atoms with E-state index in [-0.39, 0.29) is 23.3 Å². The summed E-state index contributed by atoms with van der Waals surface area (Å²) in [6, 6.07) is 9.36. The van der Waals surface area contributed by atoms with Crippen molar-refractivity contribution in [3.8, 4) is 0 Å². The summed E-state index contributed by atoms with van der Waals surface area (Å²) in [6.45, 7) is 11.2. The lowest BCUT2D eigenvalue weighted by atomic mass is 10.0. The van der Waals surface area contributed by atoms with E-state index in [0.717, 1.165) is 22.3 Å². The fourth-order valence-corrected chi connectivity index (χ4v) is 4.71. The number of benzene rings is 2. The van der Waals surface area contributed by atoms with Crippen LogP contribution in [0.4, 0.5) is 5.69 Å². The van der Waals surface area contributed by atoms with E-state index >= 15 is 0 Å². The third kappa shape index (κ3) is 7.17. The van der Waals surface area contributed by atoms with Gasteiger partial charge in [-0.15, -0.1) is 0 Å². The average molecular weight is 460 g/mol. The number of hydrogen-bond acceptors (Lipinski definition) is 4. The molecule has 1 unspecified atom stereocenters. The zero-order chi connectivity index (χ0) is 24.1. The standard InChI is InChI=1S/C24H33N3O4S/c1-15(2)11-21(27-32(30,31)20-9-7-16(3)8-10-20)24(29)25-14-22(28)26-23-18(5)12-17(4)13-19(23)6/h7-10,12-13,15,21,27H,11,14H2,1-6H3,(H,25,29)(H,26,28). The van der Waals surface area contributed by atoms with E-state index in [1.54, 1.807) is 12.1 Å². The molecule has 32 heavy (non-hydrogen) atoms. The van der Waals surface area contributed by atoms with Crippen molar-refractivity contribution in [2.45, 2.75) is 58.9 Å². The van der Waals surface area contributed by atoms with E-state index in [1.165, 1.54) is 12.1 Å². The predicted octanol–water partition coefficient (Wildman–Crippen LogP) is 3.37. The van der Waals surface area contributed by atoms with Gasteiger partial charge >= 0.3 is 0 Å². The molecule has 0 radical (unpaired) electrons. The normalized spacial score (nSPS) is 12.5. The van der Waals surface area contributed by atoms with Crippen LogP contribution < -0.4 is 15.4 Å².